The highest BCUT2D eigenvalue weighted by Crippen LogP contribution is 2.40. The summed E-state index contributed by atoms with van der Waals surface area (Å²) in [6, 6.07) is 73.4. The third kappa shape index (κ3) is 6.89. The minimum absolute atomic E-state index is 0.552. The normalized spacial score (nSPS) is 11.3. The minimum Gasteiger partial charge on any atom is -0.308 e. The predicted octanol–water partition coefficient (Wildman–Crippen LogP) is 13.7. The number of rotatable bonds is 8. The lowest BCUT2D eigenvalue weighted by Crippen LogP contribution is -2.04. The van der Waals surface area contributed by atoms with E-state index in [9.17, 15) is 0 Å². The van der Waals surface area contributed by atoms with Gasteiger partial charge in [-0.05, 0) is 48.4 Å². The van der Waals surface area contributed by atoms with E-state index in [1.807, 2.05) is 97.1 Å². The third-order valence-electron chi connectivity index (χ3n) is 11.3. The van der Waals surface area contributed by atoms with E-state index in [2.05, 4.69) is 127 Å². The number of para-hydroxylation sites is 1. The molecule has 11 aromatic rings. The Morgan fingerprint density at radius 3 is 1.42 bits per heavy atom. The summed E-state index contributed by atoms with van der Waals surface area (Å²) in [6.45, 7) is 2.14. The monoisotopic (exact) mass is 794 g/mol. The van der Waals surface area contributed by atoms with Gasteiger partial charge in [0.15, 0.2) is 23.3 Å². The van der Waals surface area contributed by atoms with Crippen LogP contribution in [0.15, 0.2) is 212 Å². The molecule has 0 aliphatic heterocycles. The molecule has 6 nitrogen and oxygen atoms in total. The van der Waals surface area contributed by atoms with Gasteiger partial charge in [0, 0.05) is 44.2 Å². The van der Waals surface area contributed by atoms with Crippen molar-refractivity contribution in [1.29, 1.82) is 0 Å². The molecule has 0 N–H and O–H groups in total. The molecule has 0 atom stereocenters. The van der Waals surface area contributed by atoms with Crippen LogP contribution in [0.5, 0.6) is 0 Å². The molecule has 0 saturated carbocycles. The maximum Gasteiger partial charge on any atom is 0.166 e. The number of benzene rings is 8. The van der Waals surface area contributed by atoms with Gasteiger partial charge in [0.05, 0.1) is 28.1 Å². The lowest BCUT2D eigenvalue weighted by molar-refractivity contribution is 1.06. The van der Waals surface area contributed by atoms with Crippen molar-refractivity contribution in [2.45, 2.75) is 6.92 Å². The van der Waals surface area contributed by atoms with Gasteiger partial charge in [-0.2, -0.15) is 0 Å². The summed E-state index contributed by atoms with van der Waals surface area (Å²) >= 11 is 0. The van der Waals surface area contributed by atoms with Crippen LogP contribution in [-0.2, 0) is 0 Å². The molecule has 0 bridgehead atoms. The van der Waals surface area contributed by atoms with Crippen LogP contribution in [0.1, 0.15) is 5.56 Å². The number of hydrogen-bond acceptors (Lipinski definition) is 5. The van der Waals surface area contributed by atoms with Gasteiger partial charge in [-0.15, -0.1) is 0 Å². The predicted molar refractivity (Wildman–Crippen MR) is 253 cm³/mol. The van der Waals surface area contributed by atoms with Gasteiger partial charge < -0.3 is 4.57 Å². The number of aryl methyl sites for hydroxylation is 1. The van der Waals surface area contributed by atoms with Crippen molar-refractivity contribution in [3.8, 4) is 84.9 Å². The molecule has 0 radical (unpaired) electrons. The molecular formula is C56H38N6. The van der Waals surface area contributed by atoms with Gasteiger partial charge in [0.25, 0.3) is 0 Å². The minimum atomic E-state index is 0.552. The van der Waals surface area contributed by atoms with Crippen molar-refractivity contribution in [3.05, 3.63) is 218 Å². The van der Waals surface area contributed by atoms with Crippen molar-refractivity contribution in [3.63, 3.8) is 0 Å². The molecule has 0 saturated heterocycles. The summed E-state index contributed by atoms with van der Waals surface area (Å²) in [5.41, 5.74) is 13.8. The first-order valence-corrected chi connectivity index (χ1v) is 20.8. The molecule has 3 aromatic heterocycles. The molecule has 0 spiro atoms. The van der Waals surface area contributed by atoms with Crippen molar-refractivity contribution < 1.29 is 0 Å². The summed E-state index contributed by atoms with van der Waals surface area (Å²) in [5.74, 6) is 2.39. The number of fused-ring (bicyclic) bond motifs is 3. The standard InChI is InChI=1S/C56H38N6/c1-37-17-16-26-42(33-37)43-29-31-46-45-27-14-15-28-50(45)62(52(46)35-43)51-32-30-44(49-36-48(38-18-6-2-7-19-38)57-53(58-49)39-20-8-3-9-21-39)34-47(51)56-60-54(40-22-10-4-11-23-40)59-55(61-56)41-24-12-5-13-25-41/h2-36H,1H3. The molecule has 8 aromatic carbocycles. The summed E-state index contributed by atoms with van der Waals surface area (Å²) in [4.78, 5) is 26.0. The lowest BCUT2D eigenvalue weighted by atomic mass is 10.0. The topological polar surface area (TPSA) is 69.4 Å². The van der Waals surface area contributed by atoms with Crippen molar-refractivity contribution in [2.24, 2.45) is 0 Å². The van der Waals surface area contributed by atoms with Crippen molar-refractivity contribution in [2.75, 3.05) is 0 Å². The Balaban J connectivity index is 1.21. The molecule has 292 valence electrons. The second kappa shape index (κ2) is 15.7. The van der Waals surface area contributed by atoms with E-state index < -0.39 is 0 Å². The van der Waals surface area contributed by atoms with E-state index >= 15 is 0 Å². The van der Waals surface area contributed by atoms with Crippen LogP contribution in [0.3, 0.4) is 0 Å². The Morgan fingerprint density at radius 2 is 0.790 bits per heavy atom. The maximum atomic E-state index is 5.30. The van der Waals surface area contributed by atoms with Gasteiger partial charge in [-0.25, -0.2) is 24.9 Å². The first kappa shape index (κ1) is 36.7. The second-order valence-corrected chi connectivity index (χ2v) is 15.4. The van der Waals surface area contributed by atoms with Crippen LogP contribution in [0.2, 0.25) is 0 Å². The Labute approximate surface area is 359 Å². The molecule has 62 heavy (non-hydrogen) atoms. The highest BCUT2D eigenvalue weighted by molar-refractivity contribution is 6.10. The highest BCUT2D eigenvalue weighted by Gasteiger charge is 2.22. The average molecular weight is 795 g/mol. The number of nitrogens with zero attached hydrogens (tertiary/aromatic N) is 6. The van der Waals surface area contributed by atoms with E-state index in [4.69, 9.17) is 24.9 Å². The molecule has 0 aliphatic carbocycles. The molecule has 6 heteroatoms. The molecule has 0 aliphatic rings. The van der Waals surface area contributed by atoms with E-state index in [-0.39, 0.29) is 0 Å². The molecular weight excluding hydrogens is 757 g/mol. The van der Waals surface area contributed by atoms with Crippen LogP contribution in [0.4, 0.5) is 0 Å². The average Bonchev–Trinajstić information content (AvgIpc) is 3.68. The van der Waals surface area contributed by atoms with Gasteiger partial charge in [0.1, 0.15) is 0 Å². The zero-order valence-electron chi connectivity index (χ0n) is 33.9. The largest absolute Gasteiger partial charge is 0.308 e. The molecule has 3 heterocycles. The fourth-order valence-electron chi connectivity index (χ4n) is 8.30. The summed E-state index contributed by atoms with van der Waals surface area (Å²) < 4.78 is 2.36. The van der Waals surface area contributed by atoms with Gasteiger partial charge >= 0.3 is 0 Å². The fourth-order valence-corrected chi connectivity index (χ4v) is 8.30. The first-order chi connectivity index (χ1) is 30.6. The quantitative estimate of drug-likeness (QED) is 0.153. The molecule has 11 rings (SSSR count). The number of aromatic nitrogens is 6. The first-order valence-electron chi connectivity index (χ1n) is 20.8. The summed E-state index contributed by atoms with van der Waals surface area (Å²) in [5, 5.41) is 2.32. The van der Waals surface area contributed by atoms with Crippen LogP contribution >= 0.6 is 0 Å². The summed E-state index contributed by atoms with van der Waals surface area (Å²) in [6.07, 6.45) is 0. The van der Waals surface area contributed by atoms with E-state index in [1.165, 1.54) is 11.1 Å². The molecule has 0 fully saturated rings. The van der Waals surface area contributed by atoms with E-state index in [0.29, 0.717) is 23.3 Å². The summed E-state index contributed by atoms with van der Waals surface area (Å²) in [7, 11) is 0. The maximum absolute atomic E-state index is 5.30. The van der Waals surface area contributed by atoms with Crippen LogP contribution in [0, 0.1) is 6.92 Å². The Hall–Kier alpha value is -8.35. The fraction of sp³-hybridized carbons (Fsp3) is 0.0179. The second-order valence-electron chi connectivity index (χ2n) is 15.4. The molecule has 0 unspecified atom stereocenters. The smallest absolute Gasteiger partial charge is 0.166 e. The SMILES string of the molecule is Cc1cccc(-c2ccc3c4ccccc4n(-c4ccc(-c5cc(-c6ccccc6)nc(-c6ccccc6)n5)cc4-c4nc(-c5ccccc5)nc(-c5ccccc5)n4)c3c2)c1. The van der Waals surface area contributed by atoms with Gasteiger partial charge in [-0.3, -0.25) is 0 Å². The third-order valence-corrected chi connectivity index (χ3v) is 11.3. The van der Waals surface area contributed by atoms with Gasteiger partial charge in [0.2, 0.25) is 0 Å². The zero-order chi connectivity index (χ0) is 41.4. The Morgan fingerprint density at radius 1 is 0.306 bits per heavy atom. The van der Waals surface area contributed by atoms with E-state index in [1.54, 1.807) is 0 Å². The number of hydrogen-bond donors (Lipinski definition) is 0. The zero-order valence-corrected chi connectivity index (χ0v) is 33.9. The van der Waals surface area contributed by atoms with Crippen LogP contribution < -0.4 is 0 Å². The van der Waals surface area contributed by atoms with E-state index in [0.717, 1.165) is 77.8 Å². The Kier molecular flexibility index (Phi) is 9.28. The lowest BCUT2D eigenvalue weighted by Gasteiger charge is -2.17. The van der Waals surface area contributed by atoms with Crippen molar-refractivity contribution >= 4 is 21.8 Å². The van der Waals surface area contributed by atoms with Gasteiger partial charge in [-0.1, -0.05) is 188 Å². The highest BCUT2D eigenvalue weighted by atomic mass is 15.1. The van der Waals surface area contributed by atoms with Crippen LogP contribution in [0.25, 0.3) is 107 Å². The van der Waals surface area contributed by atoms with Crippen molar-refractivity contribution in [1.82, 2.24) is 29.5 Å². The van der Waals surface area contributed by atoms with Crippen LogP contribution in [-0.4, -0.2) is 29.5 Å². The Bertz CT molecular complexity index is 3280. The molecule has 0 amide bonds.